The van der Waals surface area contributed by atoms with Crippen molar-refractivity contribution in [3.05, 3.63) is 63.6 Å². The summed E-state index contributed by atoms with van der Waals surface area (Å²) in [4.78, 5) is 23.0. The Labute approximate surface area is 169 Å². The first-order chi connectivity index (χ1) is 13.0. The molecule has 1 aliphatic carbocycles. The molecule has 0 bridgehead atoms. The summed E-state index contributed by atoms with van der Waals surface area (Å²) in [5, 5.41) is 0.502. The maximum Gasteiger partial charge on any atom is 0.305 e. The quantitative estimate of drug-likeness (QED) is 0.491. The SMILES string of the molecule is COC(=O)CCCOc1cc2c(c(Cl)c1Cl)C(=O)C(C)C2.c1ccccc1. The van der Waals surface area contributed by atoms with Gasteiger partial charge in [0.25, 0.3) is 0 Å². The van der Waals surface area contributed by atoms with Gasteiger partial charge in [0.05, 0.1) is 18.7 Å². The highest BCUT2D eigenvalue weighted by atomic mass is 35.5. The second kappa shape index (κ2) is 10.3. The van der Waals surface area contributed by atoms with E-state index in [2.05, 4.69) is 4.74 Å². The molecule has 27 heavy (non-hydrogen) atoms. The summed E-state index contributed by atoms with van der Waals surface area (Å²) >= 11 is 12.3. The molecule has 1 aliphatic rings. The molecule has 0 N–H and O–H groups in total. The van der Waals surface area contributed by atoms with E-state index in [9.17, 15) is 9.59 Å². The van der Waals surface area contributed by atoms with Gasteiger partial charge < -0.3 is 9.47 Å². The molecular formula is C21H22Cl2O4. The molecule has 144 valence electrons. The number of hydrogen-bond donors (Lipinski definition) is 0. The van der Waals surface area contributed by atoms with Crippen LogP contribution in [0.25, 0.3) is 0 Å². The maximum absolute atomic E-state index is 12.0. The van der Waals surface area contributed by atoms with Crippen LogP contribution in [0.2, 0.25) is 10.0 Å². The molecular weight excluding hydrogens is 387 g/mol. The third kappa shape index (κ3) is 5.72. The summed E-state index contributed by atoms with van der Waals surface area (Å²) in [6.45, 7) is 2.19. The maximum atomic E-state index is 12.0. The monoisotopic (exact) mass is 408 g/mol. The van der Waals surface area contributed by atoms with E-state index in [1.54, 1.807) is 6.07 Å². The van der Waals surface area contributed by atoms with Gasteiger partial charge in [0.15, 0.2) is 5.78 Å². The first kappa shape index (κ1) is 21.3. The molecule has 0 amide bonds. The zero-order chi connectivity index (χ0) is 19.8. The van der Waals surface area contributed by atoms with Crippen molar-refractivity contribution >= 4 is 35.0 Å². The molecule has 3 rings (SSSR count). The van der Waals surface area contributed by atoms with Gasteiger partial charge in [-0.2, -0.15) is 0 Å². The van der Waals surface area contributed by atoms with E-state index in [1.165, 1.54) is 7.11 Å². The Morgan fingerprint density at radius 2 is 1.70 bits per heavy atom. The van der Waals surface area contributed by atoms with Crippen molar-refractivity contribution in [3.63, 3.8) is 0 Å². The zero-order valence-electron chi connectivity index (χ0n) is 15.3. The lowest BCUT2D eigenvalue weighted by Crippen LogP contribution is -2.06. The largest absolute Gasteiger partial charge is 0.492 e. The fourth-order valence-corrected chi connectivity index (χ4v) is 3.25. The van der Waals surface area contributed by atoms with Crippen molar-refractivity contribution < 1.29 is 19.1 Å². The molecule has 4 nitrogen and oxygen atoms in total. The summed E-state index contributed by atoms with van der Waals surface area (Å²) in [7, 11) is 1.35. The van der Waals surface area contributed by atoms with Crippen LogP contribution in [0.3, 0.4) is 0 Å². The molecule has 6 heteroatoms. The molecule has 0 saturated heterocycles. The lowest BCUT2D eigenvalue weighted by atomic mass is 10.1. The molecule has 1 atom stereocenters. The Morgan fingerprint density at radius 3 is 2.26 bits per heavy atom. The number of halogens is 2. The Kier molecular flexibility index (Phi) is 8.14. The van der Waals surface area contributed by atoms with Gasteiger partial charge in [-0.05, 0) is 24.5 Å². The Morgan fingerprint density at radius 1 is 1.11 bits per heavy atom. The minimum atomic E-state index is -0.281. The summed E-state index contributed by atoms with van der Waals surface area (Å²) in [5.41, 5.74) is 1.38. The number of benzene rings is 2. The number of ether oxygens (including phenoxy) is 2. The predicted molar refractivity (Wildman–Crippen MR) is 107 cm³/mol. The molecule has 0 radical (unpaired) electrons. The van der Waals surface area contributed by atoms with Crippen LogP contribution in [-0.4, -0.2) is 25.5 Å². The Bertz CT molecular complexity index is 764. The summed E-state index contributed by atoms with van der Waals surface area (Å²) < 4.78 is 10.1. The molecule has 2 aromatic rings. The van der Waals surface area contributed by atoms with E-state index in [-0.39, 0.29) is 34.1 Å². The Hall–Kier alpha value is -2.04. The fourth-order valence-electron chi connectivity index (χ4n) is 2.74. The van der Waals surface area contributed by atoms with Gasteiger partial charge in [0.2, 0.25) is 0 Å². The molecule has 0 saturated carbocycles. The van der Waals surface area contributed by atoms with Crippen LogP contribution in [0.1, 0.15) is 35.7 Å². The van der Waals surface area contributed by atoms with Crippen LogP contribution < -0.4 is 4.74 Å². The lowest BCUT2D eigenvalue weighted by Gasteiger charge is -2.11. The topological polar surface area (TPSA) is 52.6 Å². The van der Waals surface area contributed by atoms with Gasteiger partial charge >= 0.3 is 5.97 Å². The van der Waals surface area contributed by atoms with Crippen molar-refractivity contribution in [1.29, 1.82) is 0 Å². The average molecular weight is 409 g/mol. The second-order valence-corrected chi connectivity index (χ2v) is 6.94. The third-order valence-corrected chi connectivity index (χ3v) is 5.00. The van der Waals surface area contributed by atoms with Crippen LogP contribution in [-0.2, 0) is 16.0 Å². The van der Waals surface area contributed by atoms with Crippen LogP contribution in [0.4, 0.5) is 0 Å². The number of Topliss-reactive ketones (excluding diaryl/α,β-unsaturated/α-hetero) is 1. The third-order valence-electron chi connectivity index (χ3n) is 4.15. The van der Waals surface area contributed by atoms with Gasteiger partial charge in [0.1, 0.15) is 10.8 Å². The number of ketones is 1. The number of fused-ring (bicyclic) bond motifs is 1. The highest BCUT2D eigenvalue weighted by Crippen LogP contribution is 2.42. The molecule has 0 heterocycles. The van der Waals surface area contributed by atoms with Crippen LogP contribution in [0.5, 0.6) is 5.75 Å². The van der Waals surface area contributed by atoms with E-state index in [4.69, 9.17) is 27.9 Å². The van der Waals surface area contributed by atoms with Gasteiger partial charge in [-0.1, -0.05) is 66.5 Å². The normalized spacial score (nSPS) is 14.8. The van der Waals surface area contributed by atoms with Gasteiger partial charge in [-0.15, -0.1) is 0 Å². The first-order valence-corrected chi connectivity index (χ1v) is 9.46. The van der Waals surface area contributed by atoms with Crippen LogP contribution in [0.15, 0.2) is 42.5 Å². The molecule has 0 aromatic heterocycles. The van der Waals surface area contributed by atoms with Gasteiger partial charge in [-0.25, -0.2) is 0 Å². The van der Waals surface area contributed by atoms with E-state index in [0.717, 1.165) is 5.56 Å². The lowest BCUT2D eigenvalue weighted by molar-refractivity contribution is -0.140. The standard InChI is InChI=1S/C15H16Cl2O4.C6H6/c1-8-6-9-7-10(21-5-3-4-11(18)20-2)13(16)14(17)12(9)15(8)19;1-2-4-6-5-3-1/h7-8H,3-6H2,1-2H3;1-6H. The van der Waals surface area contributed by atoms with Crippen molar-refractivity contribution in [2.45, 2.75) is 26.2 Å². The van der Waals surface area contributed by atoms with Crippen molar-refractivity contribution in [1.82, 2.24) is 0 Å². The zero-order valence-corrected chi connectivity index (χ0v) is 16.8. The van der Waals surface area contributed by atoms with Gasteiger partial charge in [-0.3, -0.25) is 9.59 Å². The van der Waals surface area contributed by atoms with Gasteiger partial charge in [0, 0.05) is 17.9 Å². The van der Waals surface area contributed by atoms with E-state index >= 15 is 0 Å². The second-order valence-electron chi connectivity index (χ2n) is 6.19. The number of carbonyl (C=O) groups is 2. The number of carbonyl (C=O) groups excluding carboxylic acids is 2. The minimum absolute atomic E-state index is 0.0224. The average Bonchev–Trinajstić information content (AvgIpc) is 2.98. The number of hydrogen-bond acceptors (Lipinski definition) is 4. The molecule has 1 unspecified atom stereocenters. The molecule has 2 aromatic carbocycles. The highest BCUT2D eigenvalue weighted by Gasteiger charge is 2.31. The Balaban J connectivity index is 0.000000369. The molecule has 0 spiro atoms. The smallest absolute Gasteiger partial charge is 0.305 e. The van der Waals surface area contributed by atoms with Crippen molar-refractivity contribution in [3.8, 4) is 5.75 Å². The summed E-state index contributed by atoms with van der Waals surface area (Å²) in [6.07, 6.45) is 1.44. The fraction of sp³-hybridized carbons (Fsp3) is 0.333. The summed E-state index contributed by atoms with van der Waals surface area (Å²) in [6, 6.07) is 13.8. The molecule has 0 fully saturated rings. The molecule has 0 aliphatic heterocycles. The minimum Gasteiger partial charge on any atom is -0.492 e. The number of methoxy groups -OCH3 is 1. The van der Waals surface area contributed by atoms with Crippen molar-refractivity contribution in [2.24, 2.45) is 5.92 Å². The van der Waals surface area contributed by atoms with Crippen molar-refractivity contribution in [2.75, 3.05) is 13.7 Å². The highest BCUT2D eigenvalue weighted by molar-refractivity contribution is 6.45. The van der Waals surface area contributed by atoms with Crippen LogP contribution in [0, 0.1) is 5.92 Å². The van der Waals surface area contributed by atoms with E-state index < -0.39 is 0 Å². The first-order valence-electron chi connectivity index (χ1n) is 8.70. The van der Waals surface area contributed by atoms with E-state index in [1.807, 2.05) is 43.3 Å². The number of esters is 1. The van der Waals surface area contributed by atoms with E-state index in [0.29, 0.717) is 30.8 Å². The predicted octanol–water partition coefficient (Wildman–Crippen LogP) is 5.39. The van der Waals surface area contributed by atoms with Crippen LogP contribution >= 0.6 is 23.2 Å². The summed E-state index contributed by atoms with van der Waals surface area (Å²) in [5.74, 6) is 0.112. The number of rotatable bonds is 5.